The van der Waals surface area contributed by atoms with Gasteiger partial charge in [0, 0.05) is 45.1 Å². The number of ether oxygens (including phenoxy) is 5. The maximum Gasteiger partial charge on any atom is 0.338 e. The molecule has 7 aliphatic rings. The first-order valence-corrected chi connectivity index (χ1v) is 14.4. The summed E-state index contributed by atoms with van der Waals surface area (Å²) in [4.78, 5) is 16.0. The normalized spacial score (nSPS) is 46.4. The summed E-state index contributed by atoms with van der Waals surface area (Å²) in [5.41, 5.74) is 1.79. The summed E-state index contributed by atoms with van der Waals surface area (Å²) in [6.45, 7) is 4.84. The second kappa shape index (κ2) is 9.13. The highest BCUT2D eigenvalue weighted by molar-refractivity contribution is 5.89. The van der Waals surface area contributed by atoms with Crippen LogP contribution in [0, 0.1) is 34.5 Å². The number of likely N-dealkylation sites (tertiary alicyclic amines) is 1. The molecule has 4 aliphatic carbocycles. The van der Waals surface area contributed by atoms with Gasteiger partial charge in [-0.1, -0.05) is 31.2 Å². The Morgan fingerprint density at radius 3 is 2.63 bits per heavy atom. The Balaban J connectivity index is 1.37. The molecule has 38 heavy (non-hydrogen) atoms. The van der Waals surface area contributed by atoms with Gasteiger partial charge in [-0.15, -0.1) is 0 Å². The molecule has 1 aromatic carbocycles. The number of fused-ring (bicyclic) bond motifs is 1. The Hall–Kier alpha value is -1.77. The van der Waals surface area contributed by atoms with Crippen molar-refractivity contribution >= 4 is 5.97 Å². The van der Waals surface area contributed by atoms with Crippen molar-refractivity contribution in [3.63, 3.8) is 0 Å². The maximum atomic E-state index is 13.4. The van der Waals surface area contributed by atoms with Crippen LogP contribution in [0.4, 0.5) is 0 Å². The predicted octanol–water partition coefficient (Wildman–Crippen LogP) is 3.93. The summed E-state index contributed by atoms with van der Waals surface area (Å²) in [6.07, 6.45) is 6.23. The quantitative estimate of drug-likeness (QED) is 0.396. The summed E-state index contributed by atoms with van der Waals surface area (Å²) in [6, 6.07) is 9.39. The van der Waals surface area contributed by atoms with E-state index in [2.05, 4.69) is 17.9 Å². The molecule has 7 bridgehead atoms. The third-order valence-electron chi connectivity index (χ3n) is 11.3. The van der Waals surface area contributed by atoms with Crippen LogP contribution in [-0.4, -0.2) is 82.5 Å². The van der Waals surface area contributed by atoms with Crippen LogP contribution in [0.5, 0.6) is 0 Å². The molecule has 0 radical (unpaired) electrons. The molecule has 5 fully saturated rings. The van der Waals surface area contributed by atoms with Crippen molar-refractivity contribution in [2.24, 2.45) is 34.5 Å². The summed E-state index contributed by atoms with van der Waals surface area (Å²) in [5, 5.41) is 0. The fourth-order valence-electron chi connectivity index (χ4n) is 10.1. The monoisotopic (exact) mass is 523 g/mol. The number of esters is 1. The van der Waals surface area contributed by atoms with E-state index in [-0.39, 0.29) is 71.1 Å². The van der Waals surface area contributed by atoms with Gasteiger partial charge in [-0.2, -0.15) is 0 Å². The third-order valence-corrected chi connectivity index (χ3v) is 11.3. The second-order valence-electron chi connectivity index (χ2n) is 12.5. The number of hydrogen-bond acceptors (Lipinski definition) is 7. The summed E-state index contributed by atoms with van der Waals surface area (Å²) in [5.74, 6) is 0.646. The van der Waals surface area contributed by atoms with Crippen LogP contribution in [0.25, 0.3) is 0 Å². The molecule has 8 rings (SSSR count). The molecule has 7 nitrogen and oxygen atoms in total. The van der Waals surface area contributed by atoms with E-state index in [1.165, 1.54) is 5.57 Å². The Labute approximate surface area is 225 Å². The number of nitrogens with zero attached hydrogens (tertiary/aromatic N) is 1. The number of methoxy groups -OCH3 is 3. The molecule has 1 aromatic rings. The van der Waals surface area contributed by atoms with Crippen molar-refractivity contribution in [2.45, 2.75) is 63.3 Å². The van der Waals surface area contributed by atoms with Crippen LogP contribution in [0.1, 0.15) is 43.0 Å². The molecule has 0 aromatic heterocycles. The number of rotatable bonds is 7. The second-order valence-corrected chi connectivity index (χ2v) is 12.5. The number of piperidine rings is 1. The Morgan fingerprint density at radius 1 is 1.11 bits per heavy atom. The molecule has 0 N–H and O–H groups in total. The van der Waals surface area contributed by atoms with E-state index in [1.54, 1.807) is 0 Å². The van der Waals surface area contributed by atoms with Crippen LogP contribution >= 0.6 is 0 Å². The fraction of sp³-hybridized carbons (Fsp3) is 0.710. The molecular weight excluding hydrogens is 482 g/mol. The minimum atomic E-state index is -0.287. The van der Waals surface area contributed by atoms with Gasteiger partial charge >= 0.3 is 5.97 Å². The lowest BCUT2D eigenvalue weighted by Crippen LogP contribution is -2.72. The van der Waals surface area contributed by atoms with Crippen molar-refractivity contribution in [1.82, 2.24) is 4.90 Å². The van der Waals surface area contributed by atoms with E-state index in [4.69, 9.17) is 23.7 Å². The third kappa shape index (κ3) is 3.17. The lowest BCUT2D eigenvalue weighted by molar-refractivity contribution is -0.251. The fourth-order valence-corrected chi connectivity index (χ4v) is 10.1. The minimum Gasteiger partial charge on any atom is -0.458 e. The molecule has 2 saturated heterocycles. The van der Waals surface area contributed by atoms with E-state index in [9.17, 15) is 4.79 Å². The standard InChI is InChI=1S/C31H41NO6/c1-5-32-16-30(17-34-2)12-11-25(36-4)31-21-13-20-22(35-3)14-19(23(15-24(30)31)37-29(31)32)26(21)27(20)38-28(33)18-9-7-6-8-10-18/h6-10,15,19-23,25-27,29H,5,11-14,16-17H2,1-4H3/t19-,20-,21-,22+,23-,25+,26-,27+,29-,30+,31-/m1/s1. The Morgan fingerprint density at radius 2 is 1.92 bits per heavy atom. The smallest absolute Gasteiger partial charge is 0.338 e. The molecule has 1 spiro atoms. The predicted molar refractivity (Wildman–Crippen MR) is 140 cm³/mol. The maximum absolute atomic E-state index is 13.4. The van der Waals surface area contributed by atoms with E-state index in [0.717, 1.165) is 38.8 Å². The molecule has 7 heteroatoms. The van der Waals surface area contributed by atoms with Gasteiger partial charge in [-0.3, -0.25) is 4.90 Å². The Kier molecular flexibility index (Phi) is 6.06. The van der Waals surface area contributed by atoms with E-state index in [0.29, 0.717) is 12.2 Å². The van der Waals surface area contributed by atoms with Crippen molar-refractivity contribution in [3.05, 3.63) is 47.5 Å². The van der Waals surface area contributed by atoms with Gasteiger partial charge in [-0.05, 0) is 61.8 Å². The topological polar surface area (TPSA) is 66.5 Å². The molecule has 206 valence electrons. The zero-order valence-corrected chi connectivity index (χ0v) is 23.0. The average Bonchev–Trinajstić information content (AvgIpc) is 3.07. The number of carbonyl (C=O) groups excluding carboxylic acids is 1. The highest BCUT2D eigenvalue weighted by Gasteiger charge is 2.76. The number of benzene rings is 1. The lowest BCUT2D eigenvalue weighted by Gasteiger charge is -2.67. The van der Waals surface area contributed by atoms with Crippen LogP contribution in [0.15, 0.2) is 42.0 Å². The molecular formula is C31H41NO6. The van der Waals surface area contributed by atoms with Crippen LogP contribution in [0.3, 0.4) is 0 Å². The molecule has 3 saturated carbocycles. The first-order valence-electron chi connectivity index (χ1n) is 14.4. The van der Waals surface area contributed by atoms with Crippen molar-refractivity contribution in [1.29, 1.82) is 0 Å². The van der Waals surface area contributed by atoms with Gasteiger partial charge in [0.15, 0.2) is 0 Å². The molecule has 0 amide bonds. The van der Waals surface area contributed by atoms with E-state index >= 15 is 0 Å². The molecule has 0 unspecified atom stereocenters. The first-order chi connectivity index (χ1) is 18.5. The zero-order chi connectivity index (χ0) is 26.2. The molecule has 3 aliphatic heterocycles. The molecule has 3 heterocycles. The highest BCUT2D eigenvalue weighted by Crippen LogP contribution is 2.72. The van der Waals surface area contributed by atoms with Crippen molar-refractivity contribution in [2.75, 3.05) is 41.0 Å². The van der Waals surface area contributed by atoms with Crippen molar-refractivity contribution < 1.29 is 28.5 Å². The largest absolute Gasteiger partial charge is 0.458 e. The summed E-state index contributed by atoms with van der Waals surface area (Å²) >= 11 is 0. The summed E-state index contributed by atoms with van der Waals surface area (Å²) in [7, 11) is 5.51. The van der Waals surface area contributed by atoms with Crippen LogP contribution < -0.4 is 0 Å². The number of carbonyl (C=O) groups is 1. The van der Waals surface area contributed by atoms with Gasteiger partial charge in [-0.25, -0.2) is 4.79 Å². The average molecular weight is 524 g/mol. The van der Waals surface area contributed by atoms with Crippen LogP contribution in [-0.2, 0) is 23.7 Å². The first kappa shape index (κ1) is 25.2. The summed E-state index contributed by atoms with van der Waals surface area (Å²) < 4.78 is 32.1. The SMILES string of the molecule is CCN1C[C@]2(COC)CC[C@H](OC)[C@@]34C2=C[C@@H](O[C@@H]13)[C@H]1C[C@H](OC)[C@H]2C[C@@H]4[C@@H]1[C@H]2OC(=O)c1ccccc1. The molecule has 11 atom stereocenters. The van der Waals surface area contributed by atoms with E-state index < -0.39 is 0 Å². The van der Waals surface area contributed by atoms with Crippen molar-refractivity contribution in [3.8, 4) is 0 Å². The minimum absolute atomic E-state index is 0.0334. The van der Waals surface area contributed by atoms with Gasteiger partial charge in [0.25, 0.3) is 0 Å². The van der Waals surface area contributed by atoms with Gasteiger partial charge in [0.2, 0.25) is 0 Å². The Bertz CT molecular complexity index is 1110. The lowest BCUT2D eigenvalue weighted by atomic mass is 9.48. The number of hydrogen-bond donors (Lipinski definition) is 0. The van der Waals surface area contributed by atoms with Crippen LogP contribution in [0.2, 0.25) is 0 Å². The highest BCUT2D eigenvalue weighted by atomic mass is 16.6. The zero-order valence-electron chi connectivity index (χ0n) is 23.0. The van der Waals surface area contributed by atoms with Gasteiger partial charge < -0.3 is 23.7 Å². The van der Waals surface area contributed by atoms with Gasteiger partial charge in [0.05, 0.1) is 35.9 Å². The van der Waals surface area contributed by atoms with Gasteiger partial charge in [0.1, 0.15) is 12.3 Å². The van der Waals surface area contributed by atoms with E-state index in [1.807, 2.05) is 51.7 Å².